The molecule has 0 bridgehead atoms. The van der Waals surface area contributed by atoms with Crippen molar-refractivity contribution in [1.82, 2.24) is 19.9 Å². The Kier molecular flexibility index (Phi) is 5.31. The minimum atomic E-state index is -0.111. The van der Waals surface area contributed by atoms with Crippen LogP contribution in [0.2, 0.25) is 0 Å². The summed E-state index contributed by atoms with van der Waals surface area (Å²) in [4.78, 5) is 26.7. The van der Waals surface area contributed by atoms with Crippen molar-refractivity contribution in [1.29, 1.82) is 0 Å². The van der Waals surface area contributed by atoms with E-state index in [-0.39, 0.29) is 5.91 Å². The lowest BCUT2D eigenvalue weighted by molar-refractivity contribution is 0.0784. The molecule has 0 aliphatic heterocycles. The molecule has 0 atom stereocenters. The smallest absolute Gasteiger partial charge is 0.257 e. The Bertz CT molecular complexity index is 806. The van der Waals surface area contributed by atoms with Crippen molar-refractivity contribution in [3.63, 3.8) is 0 Å². The number of anilines is 1. The number of rotatable bonds is 6. The zero-order chi connectivity index (χ0) is 17.5. The van der Waals surface area contributed by atoms with E-state index >= 15 is 0 Å². The molecule has 0 fully saturated rings. The second kappa shape index (κ2) is 8.01. The molecule has 6 nitrogen and oxygen atoms in total. The van der Waals surface area contributed by atoms with Gasteiger partial charge in [0.1, 0.15) is 0 Å². The minimum Gasteiger partial charge on any atom is -0.349 e. The first-order chi connectivity index (χ1) is 12.2. The van der Waals surface area contributed by atoms with Crippen molar-refractivity contribution in [2.75, 3.05) is 12.4 Å². The van der Waals surface area contributed by atoms with Crippen LogP contribution in [0.4, 0.5) is 5.95 Å². The Hall–Kier alpha value is -3.28. The molecular formula is C19H19N5O. The number of hydrogen-bond donors (Lipinski definition) is 1. The molecule has 0 aliphatic rings. The van der Waals surface area contributed by atoms with Gasteiger partial charge in [-0.2, -0.15) is 0 Å². The van der Waals surface area contributed by atoms with Gasteiger partial charge < -0.3 is 10.2 Å². The summed E-state index contributed by atoms with van der Waals surface area (Å²) < 4.78 is 0. The van der Waals surface area contributed by atoms with Crippen molar-refractivity contribution in [2.24, 2.45) is 0 Å². The predicted molar refractivity (Wildman–Crippen MR) is 95.8 cm³/mol. The summed E-state index contributed by atoms with van der Waals surface area (Å²) in [6, 6.07) is 15.6. The third-order valence-electron chi connectivity index (χ3n) is 3.66. The first kappa shape index (κ1) is 16.6. The molecule has 0 spiro atoms. The topological polar surface area (TPSA) is 71.0 Å². The predicted octanol–water partition coefficient (Wildman–Crippen LogP) is 2.76. The molecule has 6 heteroatoms. The van der Waals surface area contributed by atoms with Crippen LogP contribution in [0.3, 0.4) is 0 Å². The monoisotopic (exact) mass is 333 g/mol. The summed E-state index contributed by atoms with van der Waals surface area (Å²) >= 11 is 0. The van der Waals surface area contributed by atoms with Crippen molar-refractivity contribution >= 4 is 11.9 Å². The largest absolute Gasteiger partial charge is 0.349 e. The van der Waals surface area contributed by atoms with E-state index < -0.39 is 0 Å². The number of nitrogens with zero attached hydrogens (tertiary/aromatic N) is 4. The van der Waals surface area contributed by atoms with Gasteiger partial charge in [0.25, 0.3) is 5.91 Å². The second-order valence-electron chi connectivity index (χ2n) is 5.62. The second-order valence-corrected chi connectivity index (χ2v) is 5.62. The quantitative estimate of drug-likeness (QED) is 0.751. The zero-order valence-corrected chi connectivity index (χ0v) is 14.0. The Morgan fingerprint density at radius 1 is 1.00 bits per heavy atom. The van der Waals surface area contributed by atoms with Crippen LogP contribution in [-0.4, -0.2) is 32.8 Å². The maximum Gasteiger partial charge on any atom is 0.257 e. The van der Waals surface area contributed by atoms with E-state index in [1.807, 2.05) is 48.5 Å². The van der Waals surface area contributed by atoms with Crippen LogP contribution in [0.25, 0.3) is 0 Å². The van der Waals surface area contributed by atoms with Crippen LogP contribution in [0.5, 0.6) is 0 Å². The Morgan fingerprint density at radius 3 is 2.40 bits per heavy atom. The molecule has 0 aliphatic carbocycles. The van der Waals surface area contributed by atoms with Crippen LogP contribution in [-0.2, 0) is 13.1 Å². The molecule has 25 heavy (non-hydrogen) atoms. The van der Waals surface area contributed by atoms with E-state index in [9.17, 15) is 4.79 Å². The Balaban J connectivity index is 1.58. The van der Waals surface area contributed by atoms with Crippen LogP contribution in [0, 0.1) is 0 Å². The van der Waals surface area contributed by atoms with Crippen molar-refractivity contribution in [3.05, 3.63) is 83.9 Å². The maximum atomic E-state index is 12.5. The number of aromatic nitrogens is 3. The lowest BCUT2D eigenvalue weighted by Crippen LogP contribution is -2.26. The summed E-state index contributed by atoms with van der Waals surface area (Å²) in [5, 5.41) is 3.09. The highest BCUT2D eigenvalue weighted by atomic mass is 16.2. The molecule has 0 saturated heterocycles. The molecule has 2 heterocycles. The van der Waals surface area contributed by atoms with Crippen LogP contribution < -0.4 is 5.32 Å². The van der Waals surface area contributed by atoms with Crippen molar-refractivity contribution in [3.8, 4) is 0 Å². The van der Waals surface area contributed by atoms with Gasteiger partial charge in [-0.1, -0.05) is 36.4 Å². The van der Waals surface area contributed by atoms with E-state index in [1.54, 1.807) is 18.1 Å². The van der Waals surface area contributed by atoms with Gasteiger partial charge in [-0.05, 0) is 17.7 Å². The SMILES string of the molecule is CN(Cc1ccccc1)C(=O)c1cnc(NCc2ccccn2)nc1. The molecule has 3 aromatic rings. The molecule has 0 radical (unpaired) electrons. The number of carbonyl (C=O) groups excluding carboxylic acids is 1. The fourth-order valence-corrected chi connectivity index (χ4v) is 2.35. The number of benzene rings is 1. The summed E-state index contributed by atoms with van der Waals surface area (Å²) in [6.07, 6.45) is 4.82. The molecule has 3 rings (SSSR count). The molecule has 2 aromatic heterocycles. The molecular weight excluding hydrogens is 314 g/mol. The number of carbonyl (C=O) groups is 1. The molecule has 126 valence electrons. The fourth-order valence-electron chi connectivity index (χ4n) is 2.35. The Morgan fingerprint density at radius 2 is 1.72 bits per heavy atom. The van der Waals surface area contributed by atoms with E-state index in [1.165, 1.54) is 12.4 Å². The van der Waals surface area contributed by atoms with Gasteiger partial charge in [0.15, 0.2) is 0 Å². The van der Waals surface area contributed by atoms with E-state index in [4.69, 9.17) is 0 Å². The third kappa shape index (κ3) is 4.60. The maximum absolute atomic E-state index is 12.5. The summed E-state index contributed by atoms with van der Waals surface area (Å²) in [5.41, 5.74) is 2.43. The standard InChI is InChI=1S/C19H19N5O/c1-24(14-15-7-3-2-4-8-15)18(25)16-11-21-19(22-12-16)23-13-17-9-5-6-10-20-17/h2-12H,13-14H2,1H3,(H,21,22,23). The number of pyridine rings is 1. The third-order valence-corrected chi connectivity index (χ3v) is 3.66. The lowest BCUT2D eigenvalue weighted by Gasteiger charge is -2.17. The van der Waals surface area contributed by atoms with Crippen LogP contribution >= 0.6 is 0 Å². The highest BCUT2D eigenvalue weighted by Crippen LogP contribution is 2.08. The first-order valence-corrected chi connectivity index (χ1v) is 7.97. The molecule has 0 unspecified atom stereocenters. The van der Waals surface area contributed by atoms with Gasteiger partial charge >= 0.3 is 0 Å². The van der Waals surface area contributed by atoms with E-state index in [2.05, 4.69) is 20.3 Å². The number of amides is 1. The van der Waals surface area contributed by atoms with E-state index in [0.717, 1.165) is 11.3 Å². The van der Waals surface area contributed by atoms with Crippen LogP contribution in [0.15, 0.2) is 67.1 Å². The lowest BCUT2D eigenvalue weighted by atomic mass is 10.2. The van der Waals surface area contributed by atoms with Gasteiger partial charge in [-0.3, -0.25) is 9.78 Å². The highest BCUT2D eigenvalue weighted by Gasteiger charge is 2.13. The van der Waals surface area contributed by atoms with E-state index in [0.29, 0.717) is 24.6 Å². The van der Waals surface area contributed by atoms with Crippen LogP contribution in [0.1, 0.15) is 21.6 Å². The Labute approximate surface area is 146 Å². The first-order valence-electron chi connectivity index (χ1n) is 7.97. The average Bonchev–Trinajstić information content (AvgIpc) is 2.68. The molecule has 1 N–H and O–H groups in total. The number of nitrogens with one attached hydrogen (secondary N) is 1. The average molecular weight is 333 g/mol. The van der Waals surface area contributed by atoms with Gasteiger partial charge in [-0.25, -0.2) is 9.97 Å². The van der Waals surface area contributed by atoms with Crippen molar-refractivity contribution in [2.45, 2.75) is 13.1 Å². The van der Waals surface area contributed by atoms with Gasteiger partial charge in [0.05, 0.1) is 17.8 Å². The fraction of sp³-hybridized carbons (Fsp3) is 0.158. The van der Waals surface area contributed by atoms with Gasteiger partial charge in [0, 0.05) is 32.2 Å². The van der Waals surface area contributed by atoms with Crippen molar-refractivity contribution < 1.29 is 4.79 Å². The van der Waals surface area contributed by atoms with Gasteiger partial charge in [0.2, 0.25) is 5.95 Å². The highest BCUT2D eigenvalue weighted by molar-refractivity contribution is 5.93. The minimum absolute atomic E-state index is 0.111. The summed E-state index contributed by atoms with van der Waals surface area (Å²) in [6.45, 7) is 1.07. The van der Waals surface area contributed by atoms with Gasteiger partial charge in [-0.15, -0.1) is 0 Å². The summed E-state index contributed by atoms with van der Waals surface area (Å²) in [7, 11) is 1.77. The normalized spacial score (nSPS) is 10.3. The number of hydrogen-bond acceptors (Lipinski definition) is 5. The molecule has 1 aromatic carbocycles. The zero-order valence-electron chi connectivity index (χ0n) is 14.0. The molecule has 0 saturated carbocycles. The molecule has 1 amide bonds. The summed E-state index contributed by atoms with van der Waals surface area (Å²) in [5.74, 6) is 0.355.